The van der Waals surface area contributed by atoms with Crippen LogP contribution in [0.1, 0.15) is 27.7 Å². The topological polar surface area (TPSA) is 83.5 Å². The molecule has 0 radical (unpaired) electrons. The van der Waals surface area contributed by atoms with E-state index in [9.17, 15) is 9.90 Å². The van der Waals surface area contributed by atoms with Crippen LogP contribution in [0.3, 0.4) is 0 Å². The molecule has 1 unspecified atom stereocenters. The van der Waals surface area contributed by atoms with Crippen LogP contribution in [-0.4, -0.2) is 69.2 Å². The Morgan fingerprint density at radius 2 is 1.62 bits per heavy atom. The van der Waals surface area contributed by atoms with Gasteiger partial charge in [-0.25, -0.2) is 4.79 Å². The number of carbonyl (C=O) groups excluding carboxylic acids is 1. The third-order valence-corrected chi connectivity index (χ3v) is 2.00. The molecule has 7 nitrogen and oxygen atoms in total. The second-order valence-corrected chi connectivity index (χ2v) is 5.24. The van der Waals surface area contributed by atoms with Gasteiger partial charge in [-0.15, -0.1) is 0 Å². The second-order valence-electron chi connectivity index (χ2n) is 5.24. The van der Waals surface area contributed by atoms with Crippen molar-refractivity contribution < 1.29 is 33.6 Å². The predicted octanol–water partition coefficient (Wildman–Crippen LogP) is 0.733. The van der Waals surface area contributed by atoms with Gasteiger partial charge < -0.3 is 28.8 Å². The summed E-state index contributed by atoms with van der Waals surface area (Å²) in [7, 11) is 0. The third kappa shape index (κ3) is 15.5. The first kappa shape index (κ1) is 20.3. The maximum atomic E-state index is 11.3. The van der Waals surface area contributed by atoms with Gasteiger partial charge in [-0.2, -0.15) is 0 Å². The van der Waals surface area contributed by atoms with Crippen molar-refractivity contribution in [1.29, 1.82) is 0 Å². The number of esters is 1. The zero-order valence-electron chi connectivity index (χ0n) is 13.4. The Morgan fingerprint density at radius 3 is 2.19 bits per heavy atom. The molecule has 1 N–H and O–H groups in total. The van der Waals surface area contributed by atoms with Crippen LogP contribution in [0.15, 0.2) is 0 Å². The van der Waals surface area contributed by atoms with Crippen molar-refractivity contribution in [3.8, 4) is 0 Å². The normalized spacial score (nSPS) is 13.2. The lowest BCUT2D eigenvalue weighted by atomic mass is 10.2. The summed E-state index contributed by atoms with van der Waals surface area (Å²) in [5, 5.41) is 9.20. The van der Waals surface area contributed by atoms with E-state index < -0.39 is 17.9 Å². The van der Waals surface area contributed by atoms with Crippen molar-refractivity contribution in [3.63, 3.8) is 0 Å². The van der Waals surface area contributed by atoms with E-state index in [1.807, 2.05) is 0 Å². The zero-order chi connectivity index (χ0) is 16.1. The van der Waals surface area contributed by atoms with Crippen molar-refractivity contribution in [2.75, 3.05) is 46.2 Å². The summed E-state index contributed by atoms with van der Waals surface area (Å²) in [6.45, 7) is 9.08. The smallest absolute Gasteiger partial charge is 0.332 e. The van der Waals surface area contributed by atoms with Gasteiger partial charge >= 0.3 is 5.97 Å². The van der Waals surface area contributed by atoms with Crippen LogP contribution in [0.4, 0.5) is 0 Å². The summed E-state index contributed by atoms with van der Waals surface area (Å²) in [5.41, 5.74) is -0.500. The van der Waals surface area contributed by atoms with Gasteiger partial charge in [0.1, 0.15) is 12.2 Å². The first-order valence-corrected chi connectivity index (χ1v) is 7.10. The van der Waals surface area contributed by atoms with Gasteiger partial charge in [-0.3, -0.25) is 0 Å². The van der Waals surface area contributed by atoms with Gasteiger partial charge in [0.2, 0.25) is 0 Å². The molecule has 0 aromatic heterocycles. The fourth-order valence-electron chi connectivity index (χ4n) is 1.29. The Labute approximate surface area is 126 Å². The lowest BCUT2D eigenvalue weighted by molar-refractivity contribution is -0.160. The molecule has 0 saturated carbocycles. The van der Waals surface area contributed by atoms with E-state index in [-0.39, 0.29) is 13.2 Å². The number of hydrogen-bond acceptors (Lipinski definition) is 7. The molecule has 0 aromatic carbocycles. The Morgan fingerprint density at radius 1 is 1.05 bits per heavy atom. The highest BCUT2D eigenvalue weighted by Crippen LogP contribution is 2.06. The van der Waals surface area contributed by atoms with E-state index >= 15 is 0 Å². The molecule has 0 aliphatic carbocycles. The molecular formula is C14H28O7. The molecule has 0 heterocycles. The highest BCUT2D eigenvalue weighted by Gasteiger charge is 2.15. The zero-order valence-corrected chi connectivity index (χ0v) is 13.4. The summed E-state index contributed by atoms with van der Waals surface area (Å²) < 4.78 is 25.4. The summed E-state index contributed by atoms with van der Waals surface area (Å²) in [6.07, 6.45) is -0.896. The fourth-order valence-corrected chi connectivity index (χ4v) is 1.29. The number of carbonyl (C=O) groups is 1. The van der Waals surface area contributed by atoms with Crippen LogP contribution in [-0.2, 0) is 28.5 Å². The molecule has 126 valence electrons. The van der Waals surface area contributed by atoms with E-state index in [1.165, 1.54) is 0 Å². The van der Waals surface area contributed by atoms with Crippen molar-refractivity contribution in [2.24, 2.45) is 0 Å². The number of hydrogen-bond donors (Lipinski definition) is 1. The Hall–Kier alpha value is -0.730. The van der Waals surface area contributed by atoms with E-state index in [2.05, 4.69) is 0 Å². The molecule has 0 aromatic rings. The second kappa shape index (κ2) is 11.9. The van der Waals surface area contributed by atoms with Gasteiger partial charge in [-0.05, 0) is 27.7 Å². The molecule has 1 atom stereocenters. The number of aliphatic hydroxyl groups excluding tert-OH is 1. The predicted molar refractivity (Wildman–Crippen MR) is 75.9 cm³/mol. The molecule has 21 heavy (non-hydrogen) atoms. The monoisotopic (exact) mass is 308 g/mol. The lowest BCUT2D eigenvalue weighted by Crippen LogP contribution is -2.27. The Balaban J connectivity index is 3.28. The largest absolute Gasteiger partial charge is 0.458 e. The van der Waals surface area contributed by atoms with Crippen molar-refractivity contribution >= 4 is 5.97 Å². The molecule has 0 spiro atoms. The van der Waals surface area contributed by atoms with E-state index in [1.54, 1.807) is 27.7 Å². The highest BCUT2D eigenvalue weighted by molar-refractivity contribution is 5.71. The molecule has 7 heteroatoms. The molecule has 0 rings (SSSR count). The van der Waals surface area contributed by atoms with Gasteiger partial charge in [0.05, 0.1) is 33.0 Å². The molecule has 0 amide bonds. The van der Waals surface area contributed by atoms with Gasteiger partial charge in [0.15, 0.2) is 6.29 Å². The SMILES string of the molecule is CCOC(O)COCCOCCOCC(=O)OC(C)(C)C. The van der Waals surface area contributed by atoms with Gasteiger partial charge in [0.25, 0.3) is 0 Å². The average molecular weight is 308 g/mol. The molecule has 0 bridgehead atoms. The number of rotatable bonds is 12. The third-order valence-electron chi connectivity index (χ3n) is 2.00. The molecule has 0 aliphatic heterocycles. The summed E-state index contributed by atoms with van der Waals surface area (Å²) in [4.78, 5) is 11.3. The van der Waals surface area contributed by atoms with Crippen LogP contribution >= 0.6 is 0 Å². The highest BCUT2D eigenvalue weighted by atomic mass is 16.6. The molecule has 0 fully saturated rings. The van der Waals surface area contributed by atoms with Gasteiger partial charge in [-0.1, -0.05) is 0 Å². The van der Waals surface area contributed by atoms with Crippen molar-refractivity contribution in [2.45, 2.75) is 39.6 Å². The minimum atomic E-state index is -0.896. The minimum Gasteiger partial charge on any atom is -0.458 e. The first-order valence-electron chi connectivity index (χ1n) is 7.10. The standard InChI is InChI=1S/C14H28O7/c1-5-20-12(15)10-18-8-6-17-7-9-19-11-13(16)21-14(2,3)4/h12,15H,5-11H2,1-4H3. The minimum absolute atomic E-state index is 0.0856. The Kier molecular flexibility index (Phi) is 11.5. The Bertz CT molecular complexity index is 263. The quantitative estimate of drug-likeness (QED) is 0.323. The van der Waals surface area contributed by atoms with E-state index in [0.717, 1.165) is 0 Å². The van der Waals surface area contributed by atoms with Crippen LogP contribution in [0.5, 0.6) is 0 Å². The fraction of sp³-hybridized carbons (Fsp3) is 0.929. The first-order chi connectivity index (χ1) is 9.85. The summed E-state index contributed by atoms with van der Waals surface area (Å²) in [5.74, 6) is -0.393. The van der Waals surface area contributed by atoms with Crippen LogP contribution in [0.25, 0.3) is 0 Å². The molecular weight excluding hydrogens is 280 g/mol. The number of aliphatic hydroxyl groups is 1. The van der Waals surface area contributed by atoms with Gasteiger partial charge in [0, 0.05) is 6.61 Å². The average Bonchev–Trinajstić information content (AvgIpc) is 2.35. The van der Waals surface area contributed by atoms with Crippen LogP contribution in [0, 0.1) is 0 Å². The summed E-state index contributed by atoms with van der Waals surface area (Å²) in [6, 6.07) is 0. The van der Waals surface area contributed by atoms with Crippen LogP contribution < -0.4 is 0 Å². The van der Waals surface area contributed by atoms with E-state index in [4.69, 9.17) is 23.7 Å². The number of ether oxygens (including phenoxy) is 5. The molecule has 0 saturated heterocycles. The van der Waals surface area contributed by atoms with E-state index in [0.29, 0.717) is 33.0 Å². The maximum Gasteiger partial charge on any atom is 0.332 e. The maximum absolute atomic E-state index is 11.3. The van der Waals surface area contributed by atoms with Crippen molar-refractivity contribution in [3.05, 3.63) is 0 Å². The summed E-state index contributed by atoms with van der Waals surface area (Å²) >= 11 is 0. The lowest BCUT2D eigenvalue weighted by Gasteiger charge is -2.19. The van der Waals surface area contributed by atoms with Crippen LogP contribution in [0.2, 0.25) is 0 Å². The van der Waals surface area contributed by atoms with Crippen molar-refractivity contribution in [1.82, 2.24) is 0 Å². The molecule has 0 aliphatic rings.